The molecule has 0 bridgehead atoms. The van der Waals surface area contributed by atoms with Gasteiger partial charge < -0.3 is 10.5 Å². The number of nitrogens with two attached hydrogens (primary N) is 1. The van der Waals surface area contributed by atoms with E-state index in [0.717, 1.165) is 36.6 Å². The third-order valence-corrected chi connectivity index (χ3v) is 5.04. The molecule has 24 heavy (non-hydrogen) atoms. The van der Waals surface area contributed by atoms with E-state index in [2.05, 4.69) is 43.2 Å². The zero-order valence-corrected chi connectivity index (χ0v) is 15.1. The molecule has 3 rings (SSSR count). The van der Waals surface area contributed by atoms with Crippen LogP contribution >= 0.6 is 0 Å². The van der Waals surface area contributed by atoms with Gasteiger partial charge in [-0.05, 0) is 49.8 Å². The standard InChI is InChI=1S/C19H28N4O/c1-12(2)14-5-8-16(9-6-14)23-19(21-13(3)22-23)15-7-10-18(24-4)17(20)11-15/h5-6,8-9,12,15,17-18H,7,10-11,20H2,1-4H3/t15-,17+,18+/m0/s1. The van der Waals surface area contributed by atoms with Crippen LogP contribution in [0.5, 0.6) is 0 Å². The Kier molecular flexibility index (Phi) is 5.01. The Morgan fingerprint density at radius 2 is 1.92 bits per heavy atom. The number of benzene rings is 1. The van der Waals surface area contributed by atoms with E-state index in [4.69, 9.17) is 15.5 Å². The second kappa shape index (κ2) is 7.03. The molecule has 130 valence electrons. The quantitative estimate of drug-likeness (QED) is 0.935. The van der Waals surface area contributed by atoms with Crippen LogP contribution in [-0.4, -0.2) is 34.0 Å². The Morgan fingerprint density at radius 1 is 1.21 bits per heavy atom. The van der Waals surface area contributed by atoms with Crippen LogP contribution in [-0.2, 0) is 4.74 Å². The van der Waals surface area contributed by atoms with E-state index in [1.165, 1.54) is 5.56 Å². The molecule has 0 unspecified atom stereocenters. The molecule has 2 N–H and O–H groups in total. The monoisotopic (exact) mass is 328 g/mol. The Bertz CT molecular complexity index is 677. The van der Waals surface area contributed by atoms with Gasteiger partial charge in [0.2, 0.25) is 0 Å². The van der Waals surface area contributed by atoms with Crippen molar-refractivity contribution >= 4 is 0 Å². The maximum absolute atomic E-state index is 6.28. The van der Waals surface area contributed by atoms with Gasteiger partial charge in [-0.3, -0.25) is 0 Å². The lowest BCUT2D eigenvalue weighted by Crippen LogP contribution is -2.41. The lowest BCUT2D eigenvalue weighted by atomic mass is 9.83. The molecule has 5 heteroatoms. The highest BCUT2D eigenvalue weighted by molar-refractivity contribution is 5.36. The third-order valence-electron chi connectivity index (χ3n) is 5.04. The maximum Gasteiger partial charge on any atom is 0.148 e. The van der Waals surface area contributed by atoms with Crippen LogP contribution in [0.3, 0.4) is 0 Å². The van der Waals surface area contributed by atoms with Crippen LogP contribution < -0.4 is 5.73 Å². The van der Waals surface area contributed by atoms with Gasteiger partial charge in [-0.1, -0.05) is 26.0 Å². The summed E-state index contributed by atoms with van der Waals surface area (Å²) in [7, 11) is 1.74. The fourth-order valence-corrected chi connectivity index (χ4v) is 3.59. The number of methoxy groups -OCH3 is 1. The number of hydrogen-bond acceptors (Lipinski definition) is 4. The predicted molar refractivity (Wildman–Crippen MR) is 95.5 cm³/mol. The molecule has 1 saturated carbocycles. The van der Waals surface area contributed by atoms with Crippen LogP contribution in [0, 0.1) is 6.92 Å². The van der Waals surface area contributed by atoms with Crippen molar-refractivity contribution in [3.63, 3.8) is 0 Å². The molecular formula is C19H28N4O. The van der Waals surface area contributed by atoms with Crippen LogP contribution in [0.15, 0.2) is 24.3 Å². The first-order valence-corrected chi connectivity index (χ1v) is 8.82. The molecule has 1 fully saturated rings. The van der Waals surface area contributed by atoms with E-state index in [0.29, 0.717) is 11.8 Å². The molecule has 5 nitrogen and oxygen atoms in total. The highest BCUT2D eigenvalue weighted by atomic mass is 16.5. The lowest BCUT2D eigenvalue weighted by molar-refractivity contribution is 0.0482. The minimum Gasteiger partial charge on any atom is -0.380 e. The lowest BCUT2D eigenvalue weighted by Gasteiger charge is -2.32. The van der Waals surface area contributed by atoms with Crippen molar-refractivity contribution in [3.05, 3.63) is 41.5 Å². The summed E-state index contributed by atoms with van der Waals surface area (Å²) in [6.07, 6.45) is 3.05. The maximum atomic E-state index is 6.28. The number of ether oxygens (including phenoxy) is 1. The van der Waals surface area contributed by atoms with Crippen LogP contribution in [0.4, 0.5) is 0 Å². The molecule has 0 spiro atoms. The first-order chi connectivity index (χ1) is 11.5. The summed E-state index contributed by atoms with van der Waals surface area (Å²) in [5, 5.41) is 4.63. The fraction of sp³-hybridized carbons (Fsp3) is 0.579. The Morgan fingerprint density at radius 3 is 2.50 bits per heavy atom. The van der Waals surface area contributed by atoms with Gasteiger partial charge in [-0.15, -0.1) is 0 Å². The van der Waals surface area contributed by atoms with Gasteiger partial charge in [0.1, 0.15) is 11.6 Å². The molecule has 2 aromatic rings. The summed E-state index contributed by atoms with van der Waals surface area (Å²) in [6, 6.07) is 8.67. The number of nitrogens with zero attached hydrogens (tertiary/aromatic N) is 3. The van der Waals surface area contributed by atoms with E-state index < -0.39 is 0 Å². The summed E-state index contributed by atoms with van der Waals surface area (Å²) in [5.74, 6) is 2.69. The average molecular weight is 328 g/mol. The SMILES string of the molecule is CO[C@@H]1CC[C@H](c2nc(C)nn2-c2ccc(C(C)C)cc2)C[C@H]1N. The van der Waals surface area contributed by atoms with E-state index in [-0.39, 0.29) is 12.1 Å². The van der Waals surface area contributed by atoms with Crippen LogP contribution in [0.1, 0.15) is 62.2 Å². The van der Waals surface area contributed by atoms with E-state index in [1.54, 1.807) is 7.11 Å². The van der Waals surface area contributed by atoms with Gasteiger partial charge >= 0.3 is 0 Å². The van der Waals surface area contributed by atoms with Crippen LogP contribution in [0.25, 0.3) is 5.69 Å². The van der Waals surface area contributed by atoms with Crippen molar-refractivity contribution in [2.75, 3.05) is 7.11 Å². The second-order valence-electron chi connectivity index (χ2n) is 7.12. The van der Waals surface area contributed by atoms with Crippen molar-refractivity contribution in [1.29, 1.82) is 0 Å². The summed E-state index contributed by atoms with van der Waals surface area (Å²) >= 11 is 0. The zero-order valence-electron chi connectivity index (χ0n) is 15.1. The fourth-order valence-electron chi connectivity index (χ4n) is 3.59. The number of aromatic nitrogens is 3. The Hall–Kier alpha value is -1.72. The minimum absolute atomic E-state index is 0.0579. The first-order valence-electron chi connectivity index (χ1n) is 8.82. The second-order valence-corrected chi connectivity index (χ2v) is 7.12. The van der Waals surface area contributed by atoms with Crippen molar-refractivity contribution in [2.24, 2.45) is 5.73 Å². The Labute approximate surface area is 144 Å². The zero-order chi connectivity index (χ0) is 17.3. The largest absolute Gasteiger partial charge is 0.380 e. The molecule has 0 saturated heterocycles. The average Bonchev–Trinajstić information content (AvgIpc) is 2.96. The summed E-state index contributed by atoms with van der Waals surface area (Å²) in [4.78, 5) is 4.71. The van der Waals surface area contributed by atoms with Crippen molar-refractivity contribution < 1.29 is 4.74 Å². The van der Waals surface area contributed by atoms with Gasteiger partial charge in [-0.25, -0.2) is 9.67 Å². The number of hydrogen-bond donors (Lipinski definition) is 1. The molecule has 1 aromatic heterocycles. The Balaban J connectivity index is 1.88. The van der Waals surface area contributed by atoms with Gasteiger partial charge in [0.25, 0.3) is 0 Å². The molecule has 0 radical (unpaired) electrons. The highest BCUT2D eigenvalue weighted by Crippen LogP contribution is 2.33. The summed E-state index contributed by atoms with van der Waals surface area (Å²) in [5.41, 5.74) is 8.68. The smallest absolute Gasteiger partial charge is 0.148 e. The van der Waals surface area contributed by atoms with E-state index in [9.17, 15) is 0 Å². The van der Waals surface area contributed by atoms with Gasteiger partial charge in [-0.2, -0.15) is 5.10 Å². The predicted octanol–water partition coefficient (Wildman–Crippen LogP) is 3.31. The molecule has 0 aliphatic heterocycles. The molecule has 1 aromatic carbocycles. The van der Waals surface area contributed by atoms with Gasteiger partial charge in [0, 0.05) is 19.1 Å². The molecule has 1 aliphatic rings. The van der Waals surface area contributed by atoms with Crippen molar-refractivity contribution in [1.82, 2.24) is 14.8 Å². The number of aryl methyl sites for hydroxylation is 1. The van der Waals surface area contributed by atoms with Gasteiger partial charge in [0.15, 0.2) is 0 Å². The summed E-state index contributed by atoms with van der Waals surface area (Å²) < 4.78 is 7.47. The van der Waals surface area contributed by atoms with E-state index in [1.807, 2.05) is 11.6 Å². The first kappa shape index (κ1) is 17.1. The van der Waals surface area contributed by atoms with E-state index >= 15 is 0 Å². The summed E-state index contributed by atoms with van der Waals surface area (Å²) in [6.45, 7) is 6.36. The highest BCUT2D eigenvalue weighted by Gasteiger charge is 2.31. The van der Waals surface area contributed by atoms with Crippen LogP contribution in [0.2, 0.25) is 0 Å². The normalized spacial score (nSPS) is 24.5. The molecule has 3 atom stereocenters. The number of rotatable bonds is 4. The van der Waals surface area contributed by atoms with Crippen molar-refractivity contribution in [2.45, 2.75) is 64.0 Å². The molecular weight excluding hydrogens is 300 g/mol. The third kappa shape index (κ3) is 3.37. The minimum atomic E-state index is 0.0579. The molecule has 1 aliphatic carbocycles. The van der Waals surface area contributed by atoms with Crippen molar-refractivity contribution in [3.8, 4) is 5.69 Å². The molecule has 0 amide bonds. The topological polar surface area (TPSA) is 66.0 Å². The van der Waals surface area contributed by atoms with Gasteiger partial charge in [0.05, 0.1) is 11.8 Å². The molecule has 1 heterocycles.